The SMILES string of the molecule is CCCN(CC(=O)Nc1ccc2c(c1)OCCO2)CC(=O)Nc1ccc(Cl)cc1Cl.O=C(O)C(=O)O. The van der Waals surface area contributed by atoms with Crippen molar-refractivity contribution in [2.45, 2.75) is 13.3 Å². The maximum absolute atomic E-state index is 12.5. The second-order valence-corrected chi connectivity index (χ2v) is 8.24. The largest absolute Gasteiger partial charge is 0.486 e. The zero-order valence-electron chi connectivity index (χ0n) is 19.3. The summed E-state index contributed by atoms with van der Waals surface area (Å²) >= 11 is 12.0. The van der Waals surface area contributed by atoms with Gasteiger partial charge in [0.25, 0.3) is 0 Å². The molecule has 0 fully saturated rings. The van der Waals surface area contributed by atoms with Crippen molar-refractivity contribution in [1.29, 1.82) is 0 Å². The Hall–Kier alpha value is -3.54. The Labute approximate surface area is 216 Å². The van der Waals surface area contributed by atoms with Gasteiger partial charge in [0, 0.05) is 16.8 Å². The number of carboxylic acid groups (broad SMARTS) is 2. The summed E-state index contributed by atoms with van der Waals surface area (Å²) in [5.74, 6) is -2.88. The molecule has 2 amide bonds. The van der Waals surface area contributed by atoms with E-state index in [1.54, 1.807) is 41.3 Å². The van der Waals surface area contributed by atoms with Gasteiger partial charge in [-0.05, 0) is 43.3 Å². The topological polar surface area (TPSA) is 154 Å². The van der Waals surface area contributed by atoms with Gasteiger partial charge in [-0.2, -0.15) is 0 Å². The highest BCUT2D eigenvalue weighted by Crippen LogP contribution is 2.32. The van der Waals surface area contributed by atoms with Crippen LogP contribution in [0, 0.1) is 0 Å². The van der Waals surface area contributed by atoms with Gasteiger partial charge in [-0.15, -0.1) is 0 Å². The Morgan fingerprint density at radius 3 is 2.08 bits per heavy atom. The Balaban J connectivity index is 0.000000678. The van der Waals surface area contributed by atoms with E-state index < -0.39 is 11.9 Å². The lowest BCUT2D eigenvalue weighted by Crippen LogP contribution is -2.39. The summed E-state index contributed by atoms with van der Waals surface area (Å²) in [6, 6.07) is 10.1. The van der Waals surface area contributed by atoms with Crippen LogP contribution in [-0.2, 0) is 19.2 Å². The summed E-state index contributed by atoms with van der Waals surface area (Å²) in [6.07, 6.45) is 0.798. The number of hydrogen-bond donors (Lipinski definition) is 4. The molecular formula is C23H25Cl2N3O8. The first kappa shape index (κ1) is 28.7. The van der Waals surface area contributed by atoms with E-state index in [1.807, 2.05) is 6.92 Å². The number of aliphatic carboxylic acids is 2. The minimum absolute atomic E-state index is 0.0569. The Kier molecular flexibility index (Phi) is 11.3. The number of anilines is 2. The van der Waals surface area contributed by atoms with Crippen LogP contribution in [0.5, 0.6) is 11.5 Å². The van der Waals surface area contributed by atoms with E-state index >= 15 is 0 Å². The second kappa shape index (κ2) is 14.1. The Bertz CT molecular complexity index is 1100. The van der Waals surface area contributed by atoms with Gasteiger partial charge in [-0.1, -0.05) is 30.1 Å². The van der Waals surface area contributed by atoms with E-state index in [0.717, 1.165) is 6.42 Å². The van der Waals surface area contributed by atoms with Crippen molar-refractivity contribution in [2.75, 3.05) is 43.5 Å². The van der Waals surface area contributed by atoms with Crippen LogP contribution in [-0.4, -0.2) is 71.7 Å². The van der Waals surface area contributed by atoms with Gasteiger partial charge in [-0.25, -0.2) is 9.59 Å². The number of nitrogens with one attached hydrogen (secondary N) is 2. The molecule has 4 N–H and O–H groups in total. The molecule has 0 aliphatic carbocycles. The lowest BCUT2D eigenvalue weighted by atomic mass is 10.2. The van der Waals surface area contributed by atoms with Crippen molar-refractivity contribution in [2.24, 2.45) is 0 Å². The summed E-state index contributed by atoms with van der Waals surface area (Å²) in [7, 11) is 0. The molecule has 0 spiro atoms. The number of carbonyl (C=O) groups is 4. The number of rotatable bonds is 8. The van der Waals surface area contributed by atoms with Crippen molar-refractivity contribution >= 4 is 58.3 Å². The quantitative estimate of drug-likeness (QED) is 0.368. The van der Waals surface area contributed by atoms with Crippen LogP contribution in [0.25, 0.3) is 0 Å². The third kappa shape index (κ3) is 9.61. The number of amides is 2. The number of hydrogen-bond acceptors (Lipinski definition) is 7. The molecule has 2 aromatic carbocycles. The number of benzene rings is 2. The highest BCUT2D eigenvalue weighted by molar-refractivity contribution is 6.36. The number of carbonyl (C=O) groups excluding carboxylic acids is 2. The normalized spacial score (nSPS) is 11.7. The number of nitrogens with zero attached hydrogens (tertiary/aromatic N) is 1. The van der Waals surface area contributed by atoms with E-state index in [1.165, 1.54) is 0 Å². The van der Waals surface area contributed by atoms with Crippen LogP contribution in [0.15, 0.2) is 36.4 Å². The molecular weight excluding hydrogens is 517 g/mol. The van der Waals surface area contributed by atoms with Crippen LogP contribution in [0.3, 0.4) is 0 Å². The minimum Gasteiger partial charge on any atom is -0.486 e. The van der Waals surface area contributed by atoms with E-state index in [9.17, 15) is 9.59 Å². The standard InChI is InChI=1S/C21H23Cl2N3O4.C2H2O4/c1-2-7-26(13-21(28)25-17-5-3-14(22)10-16(17)23)12-20(27)24-15-4-6-18-19(11-15)30-9-8-29-18;3-1(4)2(5)6/h3-6,10-11H,2,7-9,12-13H2,1H3,(H,24,27)(H,25,28);(H,3,4)(H,5,6). The zero-order chi connectivity index (χ0) is 26.7. The first-order valence-electron chi connectivity index (χ1n) is 10.7. The van der Waals surface area contributed by atoms with Crippen molar-refractivity contribution < 1.29 is 38.9 Å². The van der Waals surface area contributed by atoms with Crippen LogP contribution in [0.1, 0.15) is 13.3 Å². The third-order valence-corrected chi connectivity index (χ3v) is 5.04. The van der Waals surface area contributed by atoms with Crippen molar-refractivity contribution in [3.8, 4) is 11.5 Å². The fourth-order valence-electron chi connectivity index (χ4n) is 3.04. The van der Waals surface area contributed by atoms with Crippen LogP contribution in [0.2, 0.25) is 10.0 Å². The molecule has 3 rings (SSSR count). The van der Waals surface area contributed by atoms with Gasteiger partial charge < -0.3 is 30.3 Å². The van der Waals surface area contributed by atoms with Crippen molar-refractivity contribution in [3.05, 3.63) is 46.4 Å². The van der Waals surface area contributed by atoms with Gasteiger partial charge in [0.2, 0.25) is 11.8 Å². The van der Waals surface area contributed by atoms with Gasteiger partial charge in [0.05, 0.1) is 23.8 Å². The fourth-order valence-corrected chi connectivity index (χ4v) is 3.49. The van der Waals surface area contributed by atoms with E-state index in [0.29, 0.717) is 52.7 Å². The smallest absolute Gasteiger partial charge is 0.414 e. The van der Waals surface area contributed by atoms with Crippen LogP contribution >= 0.6 is 23.2 Å². The molecule has 36 heavy (non-hydrogen) atoms. The molecule has 0 aromatic heterocycles. The highest BCUT2D eigenvalue weighted by atomic mass is 35.5. The molecule has 0 unspecified atom stereocenters. The summed E-state index contributed by atoms with van der Waals surface area (Å²) in [6.45, 7) is 3.69. The zero-order valence-corrected chi connectivity index (χ0v) is 20.8. The molecule has 11 nitrogen and oxygen atoms in total. The molecule has 0 atom stereocenters. The molecule has 0 saturated heterocycles. The first-order valence-corrected chi connectivity index (χ1v) is 11.5. The highest BCUT2D eigenvalue weighted by Gasteiger charge is 2.17. The van der Waals surface area contributed by atoms with E-state index in [-0.39, 0.29) is 24.9 Å². The maximum Gasteiger partial charge on any atom is 0.414 e. The third-order valence-electron chi connectivity index (χ3n) is 4.49. The minimum atomic E-state index is -1.82. The Morgan fingerprint density at radius 1 is 0.889 bits per heavy atom. The first-order chi connectivity index (χ1) is 17.1. The Morgan fingerprint density at radius 2 is 1.50 bits per heavy atom. The predicted molar refractivity (Wildman–Crippen MR) is 133 cm³/mol. The fraction of sp³-hybridized carbons (Fsp3) is 0.304. The molecule has 0 radical (unpaired) electrons. The average Bonchev–Trinajstić information content (AvgIpc) is 2.81. The molecule has 0 bridgehead atoms. The predicted octanol–water partition coefficient (Wildman–Crippen LogP) is 3.21. The molecule has 0 saturated carbocycles. The molecule has 194 valence electrons. The van der Waals surface area contributed by atoms with E-state index in [2.05, 4.69) is 10.6 Å². The molecule has 1 aliphatic rings. The number of carboxylic acids is 2. The lowest BCUT2D eigenvalue weighted by Gasteiger charge is -2.21. The summed E-state index contributed by atoms with van der Waals surface area (Å²) in [5, 5.41) is 21.2. The van der Waals surface area contributed by atoms with Gasteiger partial charge in [0.15, 0.2) is 11.5 Å². The van der Waals surface area contributed by atoms with Crippen molar-refractivity contribution in [1.82, 2.24) is 4.90 Å². The van der Waals surface area contributed by atoms with Crippen molar-refractivity contribution in [3.63, 3.8) is 0 Å². The molecule has 2 aromatic rings. The lowest BCUT2D eigenvalue weighted by molar-refractivity contribution is -0.159. The average molecular weight is 542 g/mol. The number of halogens is 2. The molecule has 13 heteroatoms. The molecule has 1 heterocycles. The monoisotopic (exact) mass is 541 g/mol. The summed E-state index contributed by atoms with van der Waals surface area (Å²) in [5.41, 5.74) is 1.08. The van der Waals surface area contributed by atoms with Gasteiger partial charge in [-0.3, -0.25) is 14.5 Å². The molecule has 1 aliphatic heterocycles. The number of fused-ring (bicyclic) bond motifs is 1. The van der Waals surface area contributed by atoms with E-state index in [4.69, 9.17) is 52.5 Å². The maximum atomic E-state index is 12.5. The van der Waals surface area contributed by atoms with Gasteiger partial charge in [0.1, 0.15) is 13.2 Å². The second-order valence-electron chi connectivity index (χ2n) is 7.40. The summed E-state index contributed by atoms with van der Waals surface area (Å²) < 4.78 is 11.0. The van der Waals surface area contributed by atoms with Crippen LogP contribution in [0.4, 0.5) is 11.4 Å². The number of ether oxygens (including phenoxy) is 2. The summed E-state index contributed by atoms with van der Waals surface area (Å²) in [4.78, 5) is 44.9. The van der Waals surface area contributed by atoms with Crippen LogP contribution < -0.4 is 20.1 Å². The van der Waals surface area contributed by atoms with Gasteiger partial charge >= 0.3 is 11.9 Å².